The predicted molar refractivity (Wildman–Crippen MR) is 74.9 cm³/mol. The van der Waals surface area contributed by atoms with Crippen LogP contribution in [0.25, 0.3) is 11.0 Å². The molecule has 0 bridgehead atoms. The van der Waals surface area contributed by atoms with Crippen LogP contribution in [0.4, 0.5) is 0 Å². The van der Waals surface area contributed by atoms with Gasteiger partial charge in [0.2, 0.25) is 5.91 Å². The lowest BCUT2D eigenvalue weighted by Gasteiger charge is -2.31. The number of amides is 1. The maximum Gasteiger partial charge on any atom is 0.223 e. The van der Waals surface area contributed by atoms with Gasteiger partial charge < -0.3 is 9.88 Å². The summed E-state index contributed by atoms with van der Waals surface area (Å²) in [6, 6.07) is 7.98. The predicted octanol–water partition coefficient (Wildman–Crippen LogP) is 2.68. The van der Waals surface area contributed by atoms with Crippen LogP contribution in [0.2, 0.25) is 0 Å². The zero-order valence-electron chi connectivity index (χ0n) is 11.6. The second-order valence-electron chi connectivity index (χ2n) is 6.22. The Bertz CT molecular complexity index is 591. The zero-order chi connectivity index (χ0) is 13.6. The van der Waals surface area contributed by atoms with Crippen molar-refractivity contribution in [3.8, 4) is 0 Å². The van der Waals surface area contributed by atoms with E-state index in [4.69, 9.17) is 0 Å². The number of hydrogen-bond acceptors (Lipinski definition) is 2. The highest BCUT2D eigenvalue weighted by molar-refractivity contribution is 5.81. The van der Waals surface area contributed by atoms with E-state index in [1.165, 1.54) is 0 Å². The molecule has 1 aliphatic heterocycles. The van der Waals surface area contributed by atoms with Crippen molar-refractivity contribution in [3.63, 3.8) is 0 Å². The summed E-state index contributed by atoms with van der Waals surface area (Å²) < 4.78 is 0. The SMILES string of the molecule is CC(C)(C)N1C[C@@H](c2nc3ccccc3[nH]2)CC1=O. The first kappa shape index (κ1) is 12.2. The van der Waals surface area contributed by atoms with Gasteiger partial charge in [-0.25, -0.2) is 4.98 Å². The fraction of sp³-hybridized carbons (Fsp3) is 0.467. The Balaban J connectivity index is 1.90. The van der Waals surface area contributed by atoms with E-state index in [9.17, 15) is 4.79 Å². The van der Waals surface area contributed by atoms with Gasteiger partial charge in [0.05, 0.1) is 11.0 Å². The number of carbonyl (C=O) groups excluding carboxylic acids is 1. The highest BCUT2D eigenvalue weighted by Crippen LogP contribution is 2.31. The number of aromatic nitrogens is 2. The molecule has 1 fully saturated rings. The molecule has 1 aliphatic rings. The molecule has 1 aromatic carbocycles. The first-order chi connectivity index (χ1) is 8.95. The summed E-state index contributed by atoms with van der Waals surface area (Å²) >= 11 is 0. The average molecular weight is 257 g/mol. The van der Waals surface area contributed by atoms with Gasteiger partial charge in [-0.2, -0.15) is 0 Å². The number of carbonyl (C=O) groups is 1. The number of benzene rings is 1. The number of nitrogens with one attached hydrogen (secondary N) is 1. The minimum atomic E-state index is -0.113. The van der Waals surface area contributed by atoms with Crippen molar-refractivity contribution in [2.24, 2.45) is 0 Å². The Labute approximate surface area is 112 Å². The second kappa shape index (κ2) is 4.08. The fourth-order valence-corrected chi connectivity index (χ4v) is 2.70. The Morgan fingerprint density at radius 3 is 2.68 bits per heavy atom. The smallest absolute Gasteiger partial charge is 0.223 e. The largest absolute Gasteiger partial charge is 0.342 e. The number of nitrogens with zero attached hydrogens (tertiary/aromatic N) is 2. The molecular formula is C15H19N3O. The normalized spacial score (nSPS) is 20.5. The van der Waals surface area contributed by atoms with Crippen LogP contribution in [0.1, 0.15) is 38.9 Å². The summed E-state index contributed by atoms with van der Waals surface area (Å²) in [5.74, 6) is 1.33. The summed E-state index contributed by atoms with van der Waals surface area (Å²) in [5, 5.41) is 0. The molecule has 19 heavy (non-hydrogen) atoms. The number of fused-ring (bicyclic) bond motifs is 1. The summed E-state index contributed by atoms with van der Waals surface area (Å²) in [4.78, 5) is 22.0. The van der Waals surface area contributed by atoms with E-state index in [0.29, 0.717) is 6.42 Å². The van der Waals surface area contributed by atoms with Gasteiger partial charge in [0.15, 0.2) is 0 Å². The van der Waals surface area contributed by atoms with Crippen molar-refractivity contribution in [2.75, 3.05) is 6.54 Å². The zero-order valence-corrected chi connectivity index (χ0v) is 11.6. The number of likely N-dealkylation sites (tertiary alicyclic amines) is 1. The van der Waals surface area contributed by atoms with Crippen LogP contribution in [0.5, 0.6) is 0 Å². The lowest BCUT2D eigenvalue weighted by molar-refractivity contribution is -0.131. The molecular weight excluding hydrogens is 238 g/mol. The standard InChI is InChI=1S/C15H19N3O/c1-15(2,3)18-9-10(8-13(18)19)14-16-11-6-4-5-7-12(11)17-14/h4-7,10H,8-9H2,1-3H3,(H,16,17)/t10-/m0/s1. The highest BCUT2D eigenvalue weighted by Gasteiger charge is 2.37. The molecule has 2 aromatic rings. The number of rotatable bonds is 1. The van der Waals surface area contributed by atoms with Crippen LogP contribution < -0.4 is 0 Å². The summed E-state index contributed by atoms with van der Waals surface area (Å²) in [6.45, 7) is 6.98. The van der Waals surface area contributed by atoms with Gasteiger partial charge in [0.1, 0.15) is 5.82 Å². The number of H-pyrrole nitrogens is 1. The van der Waals surface area contributed by atoms with Crippen LogP contribution >= 0.6 is 0 Å². The summed E-state index contributed by atoms with van der Waals surface area (Å²) in [7, 11) is 0. The lowest BCUT2D eigenvalue weighted by Crippen LogP contribution is -2.42. The number of imidazole rings is 1. The quantitative estimate of drug-likeness (QED) is 0.854. The first-order valence-corrected chi connectivity index (χ1v) is 6.70. The van der Waals surface area contributed by atoms with Gasteiger partial charge in [-0.3, -0.25) is 4.79 Å². The van der Waals surface area contributed by atoms with E-state index in [2.05, 4.69) is 30.7 Å². The van der Waals surface area contributed by atoms with Gasteiger partial charge in [0.25, 0.3) is 0 Å². The molecule has 1 saturated heterocycles. The monoisotopic (exact) mass is 257 g/mol. The third kappa shape index (κ3) is 2.11. The molecule has 100 valence electrons. The Morgan fingerprint density at radius 2 is 2.05 bits per heavy atom. The van der Waals surface area contributed by atoms with Gasteiger partial charge >= 0.3 is 0 Å². The molecule has 1 amide bonds. The summed E-state index contributed by atoms with van der Waals surface area (Å²) in [6.07, 6.45) is 0.553. The van der Waals surface area contributed by atoms with Crippen molar-refractivity contribution in [1.29, 1.82) is 0 Å². The number of para-hydroxylation sites is 2. The average Bonchev–Trinajstić information content (AvgIpc) is 2.90. The van der Waals surface area contributed by atoms with Gasteiger partial charge in [-0.05, 0) is 32.9 Å². The van der Waals surface area contributed by atoms with Crippen molar-refractivity contribution in [2.45, 2.75) is 38.6 Å². The molecule has 2 heterocycles. The molecule has 1 N–H and O–H groups in total. The second-order valence-corrected chi connectivity index (χ2v) is 6.22. The molecule has 0 spiro atoms. The Morgan fingerprint density at radius 1 is 1.32 bits per heavy atom. The molecule has 4 nitrogen and oxygen atoms in total. The van der Waals surface area contributed by atoms with E-state index in [1.807, 2.05) is 29.2 Å². The van der Waals surface area contributed by atoms with E-state index in [-0.39, 0.29) is 17.4 Å². The molecule has 0 aliphatic carbocycles. The maximum atomic E-state index is 12.1. The third-order valence-electron chi connectivity index (χ3n) is 3.73. The number of aromatic amines is 1. The highest BCUT2D eigenvalue weighted by atomic mass is 16.2. The van der Waals surface area contributed by atoms with E-state index in [1.54, 1.807) is 0 Å². The molecule has 1 aromatic heterocycles. The van der Waals surface area contributed by atoms with Gasteiger partial charge in [-0.1, -0.05) is 12.1 Å². The van der Waals surface area contributed by atoms with E-state index >= 15 is 0 Å². The third-order valence-corrected chi connectivity index (χ3v) is 3.73. The van der Waals surface area contributed by atoms with Crippen molar-refractivity contribution < 1.29 is 4.79 Å². The van der Waals surface area contributed by atoms with Crippen LogP contribution in [0.3, 0.4) is 0 Å². The fourth-order valence-electron chi connectivity index (χ4n) is 2.70. The van der Waals surface area contributed by atoms with Crippen molar-refractivity contribution >= 4 is 16.9 Å². The van der Waals surface area contributed by atoms with Crippen molar-refractivity contribution in [1.82, 2.24) is 14.9 Å². The summed E-state index contributed by atoms with van der Waals surface area (Å²) in [5.41, 5.74) is 1.90. The van der Waals surface area contributed by atoms with Gasteiger partial charge in [-0.15, -0.1) is 0 Å². The van der Waals surface area contributed by atoms with Crippen molar-refractivity contribution in [3.05, 3.63) is 30.1 Å². The van der Waals surface area contributed by atoms with Crippen LogP contribution in [-0.4, -0.2) is 32.9 Å². The molecule has 0 radical (unpaired) electrons. The Kier molecular flexibility index (Phi) is 2.62. The van der Waals surface area contributed by atoms with E-state index in [0.717, 1.165) is 23.4 Å². The molecule has 0 unspecified atom stereocenters. The Hall–Kier alpha value is -1.84. The van der Waals surface area contributed by atoms with Crippen LogP contribution in [0, 0.1) is 0 Å². The minimum absolute atomic E-state index is 0.113. The molecule has 0 saturated carbocycles. The topological polar surface area (TPSA) is 49.0 Å². The van der Waals surface area contributed by atoms with Gasteiger partial charge in [0, 0.05) is 24.4 Å². The lowest BCUT2D eigenvalue weighted by atomic mass is 10.1. The van der Waals surface area contributed by atoms with Crippen LogP contribution in [-0.2, 0) is 4.79 Å². The minimum Gasteiger partial charge on any atom is -0.342 e. The van der Waals surface area contributed by atoms with E-state index < -0.39 is 0 Å². The first-order valence-electron chi connectivity index (χ1n) is 6.70. The molecule has 1 atom stereocenters. The number of hydrogen-bond donors (Lipinski definition) is 1. The molecule has 4 heteroatoms. The maximum absolute atomic E-state index is 12.1. The van der Waals surface area contributed by atoms with Crippen LogP contribution in [0.15, 0.2) is 24.3 Å². The molecule has 3 rings (SSSR count).